The Labute approximate surface area is 102 Å². The van der Waals surface area contributed by atoms with Crippen LogP contribution in [0.4, 0.5) is 10.2 Å². The van der Waals surface area contributed by atoms with E-state index in [1.807, 2.05) is 0 Å². The number of hydrogen-bond donors (Lipinski definition) is 3. The Balaban J connectivity index is 1.84. The number of amides is 1. The molecule has 0 radical (unpaired) electrons. The van der Waals surface area contributed by atoms with Crippen molar-refractivity contribution in [3.63, 3.8) is 0 Å². The second kappa shape index (κ2) is 5.26. The molecule has 1 amide bonds. The number of carbonyl (C=O) groups is 1. The molecule has 1 aromatic carbocycles. The van der Waals surface area contributed by atoms with E-state index in [9.17, 15) is 9.18 Å². The largest absolute Gasteiger partial charge is 0.380 e. The maximum absolute atomic E-state index is 12.7. The Hall–Kier alpha value is -2.44. The first-order valence-electron chi connectivity index (χ1n) is 5.35. The number of aromatic nitrogens is 3. The lowest BCUT2D eigenvalue weighted by Gasteiger charge is -2.03. The molecule has 1 heterocycles. The van der Waals surface area contributed by atoms with Gasteiger partial charge in [-0.25, -0.2) is 4.39 Å². The van der Waals surface area contributed by atoms with Gasteiger partial charge in [0, 0.05) is 6.54 Å². The van der Waals surface area contributed by atoms with E-state index in [1.54, 1.807) is 12.1 Å². The zero-order valence-electron chi connectivity index (χ0n) is 9.48. The summed E-state index contributed by atoms with van der Waals surface area (Å²) in [6.45, 7) is 0.413. The van der Waals surface area contributed by atoms with E-state index in [2.05, 4.69) is 20.7 Å². The summed E-state index contributed by atoms with van der Waals surface area (Å²) in [4.78, 5) is 11.6. The predicted octanol–water partition coefficient (Wildman–Crippen LogP) is 0.498. The fraction of sp³-hybridized carbons (Fsp3) is 0.182. The van der Waals surface area contributed by atoms with E-state index in [0.717, 1.165) is 5.56 Å². The van der Waals surface area contributed by atoms with Gasteiger partial charge >= 0.3 is 0 Å². The minimum Gasteiger partial charge on any atom is -0.380 e. The zero-order chi connectivity index (χ0) is 13.0. The zero-order valence-corrected chi connectivity index (χ0v) is 9.48. The Morgan fingerprint density at radius 3 is 2.67 bits per heavy atom. The number of halogens is 1. The van der Waals surface area contributed by atoms with Gasteiger partial charge in [-0.3, -0.25) is 4.79 Å². The van der Waals surface area contributed by atoms with Crippen LogP contribution in [0.25, 0.3) is 0 Å². The third kappa shape index (κ3) is 2.82. The summed E-state index contributed by atoms with van der Waals surface area (Å²) in [5.41, 5.74) is 6.45. The molecule has 0 aliphatic carbocycles. The highest BCUT2D eigenvalue weighted by atomic mass is 19.1. The standard InChI is InChI=1S/C11H12FN5O/c12-8-3-1-7(2-4-8)5-6-14-11(18)9-10(13)16-17-15-9/h1-4H,5-6H2,(H,14,18)(H3,13,15,16,17). The van der Waals surface area contributed by atoms with E-state index in [1.165, 1.54) is 12.1 Å². The van der Waals surface area contributed by atoms with Crippen molar-refractivity contribution in [3.8, 4) is 0 Å². The first kappa shape index (κ1) is 12.0. The Kier molecular flexibility index (Phi) is 3.52. The molecule has 0 unspecified atom stereocenters. The van der Waals surface area contributed by atoms with Crippen molar-refractivity contribution in [2.75, 3.05) is 12.3 Å². The van der Waals surface area contributed by atoms with Crippen LogP contribution in [-0.2, 0) is 6.42 Å². The SMILES string of the molecule is Nc1n[nH]nc1C(=O)NCCc1ccc(F)cc1. The van der Waals surface area contributed by atoms with Crippen LogP contribution < -0.4 is 11.1 Å². The summed E-state index contributed by atoms with van der Waals surface area (Å²) >= 11 is 0. The van der Waals surface area contributed by atoms with Gasteiger partial charge in [0.1, 0.15) is 5.82 Å². The van der Waals surface area contributed by atoms with Gasteiger partial charge in [0.05, 0.1) is 0 Å². The van der Waals surface area contributed by atoms with E-state index in [-0.39, 0.29) is 23.2 Å². The first-order chi connectivity index (χ1) is 8.66. The lowest BCUT2D eigenvalue weighted by molar-refractivity contribution is 0.0950. The average molecular weight is 249 g/mol. The molecule has 0 fully saturated rings. The number of nitrogens with one attached hydrogen (secondary N) is 2. The Morgan fingerprint density at radius 1 is 1.33 bits per heavy atom. The smallest absolute Gasteiger partial charge is 0.275 e. The third-order valence-corrected chi connectivity index (χ3v) is 2.40. The number of nitrogens with two attached hydrogens (primary N) is 1. The molecule has 0 saturated heterocycles. The molecule has 0 bridgehead atoms. The van der Waals surface area contributed by atoms with Crippen LogP contribution in [0.15, 0.2) is 24.3 Å². The second-order valence-corrected chi connectivity index (χ2v) is 3.69. The number of hydrogen-bond acceptors (Lipinski definition) is 4. The van der Waals surface area contributed by atoms with Gasteiger partial charge < -0.3 is 11.1 Å². The average Bonchev–Trinajstić information content (AvgIpc) is 2.78. The van der Waals surface area contributed by atoms with Crippen LogP contribution in [0, 0.1) is 5.82 Å². The van der Waals surface area contributed by atoms with Gasteiger partial charge in [-0.15, -0.1) is 10.2 Å². The topological polar surface area (TPSA) is 96.7 Å². The number of nitrogens with zero attached hydrogens (tertiary/aromatic N) is 2. The highest BCUT2D eigenvalue weighted by molar-refractivity contribution is 5.96. The molecule has 0 spiro atoms. The fourth-order valence-electron chi connectivity index (χ4n) is 1.46. The fourth-order valence-corrected chi connectivity index (χ4v) is 1.46. The minimum atomic E-state index is -0.386. The number of carbonyl (C=O) groups excluding carboxylic acids is 1. The summed E-state index contributed by atoms with van der Waals surface area (Å²) < 4.78 is 12.7. The lowest BCUT2D eigenvalue weighted by Crippen LogP contribution is -2.26. The quantitative estimate of drug-likeness (QED) is 0.735. The number of nitrogen functional groups attached to an aromatic ring is 1. The van der Waals surface area contributed by atoms with Gasteiger partial charge in [0.25, 0.3) is 5.91 Å². The number of rotatable bonds is 4. The summed E-state index contributed by atoms with van der Waals surface area (Å²) in [5, 5.41) is 12.1. The summed E-state index contributed by atoms with van der Waals surface area (Å²) in [7, 11) is 0. The van der Waals surface area contributed by atoms with Gasteiger partial charge in [-0.05, 0) is 24.1 Å². The molecule has 18 heavy (non-hydrogen) atoms. The molecule has 7 heteroatoms. The summed E-state index contributed by atoms with van der Waals surface area (Å²) in [5.74, 6) is -0.601. The lowest BCUT2D eigenvalue weighted by atomic mass is 10.1. The van der Waals surface area contributed by atoms with Gasteiger partial charge in [0.15, 0.2) is 11.5 Å². The van der Waals surface area contributed by atoms with E-state index in [4.69, 9.17) is 5.73 Å². The highest BCUT2D eigenvalue weighted by Crippen LogP contribution is 2.04. The number of anilines is 1. The van der Waals surface area contributed by atoms with Crippen LogP contribution in [0.3, 0.4) is 0 Å². The number of aromatic amines is 1. The van der Waals surface area contributed by atoms with Crippen molar-refractivity contribution in [2.45, 2.75) is 6.42 Å². The molecule has 2 rings (SSSR count). The molecular formula is C11H12FN5O. The number of H-pyrrole nitrogens is 1. The number of benzene rings is 1. The maximum Gasteiger partial charge on any atom is 0.275 e. The van der Waals surface area contributed by atoms with Crippen LogP contribution >= 0.6 is 0 Å². The van der Waals surface area contributed by atoms with Crippen molar-refractivity contribution in [3.05, 3.63) is 41.3 Å². The Bertz CT molecular complexity index is 537. The van der Waals surface area contributed by atoms with E-state index in [0.29, 0.717) is 13.0 Å². The van der Waals surface area contributed by atoms with Crippen molar-refractivity contribution in [1.29, 1.82) is 0 Å². The molecule has 0 aliphatic rings. The Morgan fingerprint density at radius 2 is 2.06 bits per heavy atom. The molecule has 0 atom stereocenters. The van der Waals surface area contributed by atoms with E-state index < -0.39 is 0 Å². The van der Waals surface area contributed by atoms with Crippen molar-refractivity contribution >= 4 is 11.7 Å². The molecule has 4 N–H and O–H groups in total. The van der Waals surface area contributed by atoms with Gasteiger partial charge in [-0.2, -0.15) is 5.21 Å². The molecule has 0 saturated carbocycles. The van der Waals surface area contributed by atoms with Crippen molar-refractivity contribution in [1.82, 2.24) is 20.7 Å². The molecule has 6 nitrogen and oxygen atoms in total. The molecule has 94 valence electrons. The summed E-state index contributed by atoms with van der Waals surface area (Å²) in [6.07, 6.45) is 0.601. The van der Waals surface area contributed by atoms with Crippen LogP contribution in [0.1, 0.15) is 16.1 Å². The van der Waals surface area contributed by atoms with Crippen LogP contribution in [0.5, 0.6) is 0 Å². The van der Waals surface area contributed by atoms with Crippen LogP contribution in [0.2, 0.25) is 0 Å². The third-order valence-electron chi connectivity index (χ3n) is 2.40. The second-order valence-electron chi connectivity index (χ2n) is 3.69. The normalized spacial score (nSPS) is 10.3. The maximum atomic E-state index is 12.7. The highest BCUT2D eigenvalue weighted by Gasteiger charge is 2.12. The first-order valence-corrected chi connectivity index (χ1v) is 5.35. The monoisotopic (exact) mass is 249 g/mol. The predicted molar refractivity (Wildman–Crippen MR) is 63.2 cm³/mol. The molecule has 1 aromatic heterocycles. The minimum absolute atomic E-state index is 0.0642. The van der Waals surface area contributed by atoms with Crippen molar-refractivity contribution in [2.24, 2.45) is 0 Å². The van der Waals surface area contributed by atoms with Gasteiger partial charge in [-0.1, -0.05) is 12.1 Å². The van der Waals surface area contributed by atoms with Crippen LogP contribution in [-0.4, -0.2) is 27.9 Å². The van der Waals surface area contributed by atoms with Crippen molar-refractivity contribution < 1.29 is 9.18 Å². The molecule has 0 aliphatic heterocycles. The molecule has 2 aromatic rings. The van der Waals surface area contributed by atoms with E-state index >= 15 is 0 Å². The van der Waals surface area contributed by atoms with Gasteiger partial charge in [0.2, 0.25) is 0 Å². The summed E-state index contributed by atoms with van der Waals surface area (Å²) in [6, 6.07) is 6.11. The molecular weight excluding hydrogens is 237 g/mol.